The van der Waals surface area contributed by atoms with Gasteiger partial charge in [0.25, 0.3) is 0 Å². The van der Waals surface area contributed by atoms with Crippen LogP contribution in [0.3, 0.4) is 0 Å². The van der Waals surface area contributed by atoms with Gasteiger partial charge in [0.2, 0.25) is 15.9 Å². The van der Waals surface area contributed by atoms with Gasteiger partial charge < -0.3 is 10.3 Å². The average Bonchev–Trinajstić information content (AvgIpc) is 3.23. The highest BCUT2D eigenvalue weighted by atomic mass is 32.2. The van der Waals surface area contributed by atoms with Crippen molar-refractivity contribution in [3.05, 3.63) is 101 Å². The number of aryl methyl sites for hydroxylation is 1. The molecular weight excluding hydrogens is 472 g/mol. The highest BCUT2D eigenvalue weighted by Gasteiger charge is 2.28. The van der Waals surface area contributed by atoms with Gasteiger partial charge in [-0.1, -0.05) is 36.4 Å². The zero-order valence-corrected chi connectivity index (χ0v) is 20.0. The van der Waals surface area contributed by atoms with Gasteiger partial charge in [-0.25, -0.2) is 17.2 Å². The second kappa shape index (κ2) is 9.97. The molecule has 0 saturated carbocycles. The van der Waals surface area contributed by atoms with Gasteiger partial charge in [-0.3, -0.25) is 4.79 Å². The van der Waals surface area contributed by atoms with Gasteiger partial charge in [0.05, 0.1) is 10.9 Å². The molecule has 2 atom stereocenters. The summed E-state index contributed by atoms with van der Waals surface area (Å²) < 4.78 is 55.8. The maximum Gasteiger partial charge on any atom is 0.241 e. The zero-order chi connectivity index (χ0) is 25.2. The fourth-order valence-electron chi connectivity index (χ4n) is 3.93. The first-order valence-electron chi connectivity index (χ1n) is 11.0. The normalized spacial score (nSPS) is 13.5. The molecule has 35 heavy (non-hydrogen) atoms. The first-order chi connectivity index (χ1) is 16.6. The predicted octanol–water partition coefficient (Wildman–Crippen LogP) is 4.52. The van der Waals surface area contributed by atoms with Crippen LogP contribution in [0, 0.1) is 18.6 Å². The average molecular weight is 498 g/mol. The molecule has 0 fully saturated rings. The number of H-pyrrole nitrogens is 1. The molecule has 0 radical (unpaired) electrons. The molecular formula is C26H25F2N3O3S. The molecule has 0 bridgehead atoms. The number of aromatic nitrogens is 1. The van der Waals surface area contributed by atoms with Crippen molar-refractivity contribution < 1.29 is 22.0 Å². The lowest BCUT2D eigenvalue weighted by atomic mass is 10.0. The minimum Gasteiger partial charge on any atom is -0.361 e. The monoisotopic (exact) mass is 497 g/mol. The molecule has 4 rings (SSSR count). The van der Waals surface area contributed by atoms with Crippen LogP contribution in [0.1, 0.15) is 29.7 Å². The number of sulfonamides is 1. The first kappa shape index (κ1) is 24.6. The van der Waals surface area contributed by atoms with Crippen LogP contribution >= 0.6 is 0 Å². The van der Waals surface area contributed by atoms with Crippen molar-refractivity contribution in [1.82, 2.24) is 15.0 Å². The fourth-order valence-corrected chi connectivity index (χ4v) is 5.22. The molecule has 0 saturated heterocycles. The van der Waals surface area contributed by atoms with Crippen molar-refractivity contribution in [2.24, 2.45) is 0 Å². The van der Waals surface area contributed by atoms with Crippen LogP contribution in [0.4, 0.5) is 8.78 Å². The van der Waals surface area contributed by atoms with E-state index < -0.39 is 39.6 Å². The lowest BCUT2D eigenvalue weighted by molar-refractivity contribution is -0.123. The Labute approximate surface area is 202 Å². The van der Waals surface area contributed by atoms with E-state index in [1.807, 2.05) is 24.3 Å². The Kier molecular flexibility index (Phi) is 7.00. The Morgan fingerprint density at radius 1 is 1.00 bits per heavy atom. The first-order valence-corrected chi connectivity index (χ1v) is 12.5. The summed E-state index contributed by atoms with van der Waals surface area (Å²) in [5.74, 6) is -2.61. The summed E-state index contributed by atoms with van der Waals surface area (Å²) in [4.78, 5) is 16.5. The largest absolute Gasteiger partial charge is 0.361 e. The standard InChI is InChI=1S/C26H25F2N3O3S/c1-16-6-5-7-20(12-16)35(33,34)31-25(14-19-15-29-24-9-4-3-8-21(19)24)26(32)30-17(2)18-10-11-22(27)23(28)13-18/h3-13,15,17,25,29,31H,14H2,1-2H3,(H,30,32)/t17-,25-/m1/s1. The van der Waals surface area contributed by atoms with E-state index in [2.05, 4.69) is 15.0 Å². The molecule has 0 aliphatic rings. The zero-order valence-electron chi connectivity index (χ0n) is 19.2. The number of fused-ring (bicyclic) bond motifs is 1. The molecule has 3 N–H and O–H groups in total. The number of hydrogen-bond acceptors (Lipinski definition) is 3. The number of nitrogens with one attached hydrogen (secondary N) is 3. The maximum absolute atomic E-state index is 13.7. The van der Waals surface area contributed by atoms with Crippen LogP contribution in [-0.2, 0) is 21.2 Å². The van der Waals surface area contributed by atoms with Crippen LogP contribution in [0.5, 0.6) is 0 Å². The number of rotatable bonds is 8. The van der Waals surface area contributed by atoms with E-state index >= 15 is 0 Å². The Hall–Kier alpha value is -3.56. The molecule has 0 spiro atoms. The van der Waals surface area contributed by atoms with Gasteiger partial charge >= 0.3 is 0 Å². The smallest absolute Gasteiger partial charge is 0.241 e. The summed E-state index contributed by atoms with van der Waals surface area (Å²) in [6.45, 7) is 3.39. The molecule has 0 unspecified atom stereocenters. The van der Waals surface area contributed by atoms with Gasteiger partial charge in [-0.2, -0.15) is 4.72 Å². The van der Waals surface area contributed by atoms with Gasteiger partial charge in [0.15, 0.2) is 11.6 Å². The summed E-state index contributed by atoms with van der Waals surface area (Å²) in [5, 5.41) is 3.59. The predicted molar refractivity (Wildman–Crippen MR) is 130 cm³/mol. The summed E-state index contributed by atoms with van der Waals surface area (Å²) in [6, 6.07) is 15.4. The van der Waals surface area contributed by atoms with E-state index in [9.17, 15) is 22.0 Å². The lowest BCUT2D eigenvalue weighted by Gasteiger charge is -2.22. The number of benzene rings is 3. The maximum atomic E-state index is 13.7. The second-order valence-corrected chi connectivity index (χ2v) is 10.2. The molecule has 4 aromatic rings. The van der Waals surface area contributed by atoms with Gasteiger partial charge in [0.1, 0.15) is 6.04 Å². The molecule has 0 aliphatic carbocycles. The lowest BCUT2D eigenvalue weighted by Crippen LogP contribution is -2.48. The van der Waals surface area contributed by atoms with Crippen molar-refractivity contribution in [3.63, 3.8) is 0 Å². The van der Waals surface area contributed by atoms with E-state index in [1.165, 1.54) is 18.2 Å². The van der Waals surface area contributed by atoms with Crippen LogP contribution in [0.15, 0.2) is 77.8 Å². The van der Waals surface area contributed by atoms with Gasteiger partial charge in [-0.15, -0.1) is 0 Å². The number of carbonyl (C=O) groups is 1. The van der Waals surface area contributed by atoms with Crippen molar-refractivity contribution in [2.45, 2.75) is 37.2 Å². The summed E-state index contributed by atoms with van der Waals surface area (Å²) in [6.07, 6.45) is 1.82. The van der Waals surface area contributed by atoms with Crippen LogP contribution in [0.25, 0.3) is 10.9 Å². The van der Waals surface area contributed by atoms with E-state index in [1.54, 1.807) is 32.2 Å². The fraction of sp³-hybridized carbons (Fsp3) is 0.192. The number of aromatic amines is 1. The highest BCUT2D eigenvalue weighted by molar-refractivity contribution is 7.89. The molecule has 1 amide bonds. The number of amides is 1. The SMILES string of the molecule is Cc1cccc(S(=O)(=O)N[C@H](Cc2c[nH]c3ccccc23)C(=O)N[C@H](C)c2ccc(F)c(F)c2)c1. The van der Waals surface area contributed by atoms with Gasteiger partial charge in [-0.05, 0) is 67.3 Å². The van der Waals surface area contributed by atoms with Crippen molar-refractivity contribution in [3.8, 4) is 0 Å². The summed E-state index contributed by atoms with van der Waals surface area (Å²) >= 11 is 0. The minimum absolute atomic E-state index is 0.0443. The number of halogens is 2. The summed E-state index contributed by atoms with van der Waals surface area (Å²) in [5.41, 5.74) is 2.73. The number of hydrogen-bond donors (Lipinski definition) is 3. The second-order valence-electron chi connectivity index (χ2n) is 8.46. The van der Waals surface area contributed by atoms with E-state index in [-0.39, 0.29) is 11.3 Å². The van der Waals surface area contributed by atoms with Crippen molar-refractivity contribution >= 4 is 26.8 Å². The Bertz CT molecular complexity index is 1480. The van der Waals surface area contributed by atoms with E-state index in [0.717, 1.165) is 34.2 Å². The molecule has 3 aromatic carbocycles. The topological polar surface area (TPSA) is 91.1 Å². The third-order valence-electron chi connectivity index (χ3n) is 5.82. The molecule has 9 heteroatoms. The van der Waals surface area contributed by atoms with Crippen LogP contribution < -0.4 is 10.0 Å². The number of para-hydroxylation sites is 1. The molecule has 0 aliphatic heterocycles. The number of carbonyl (C=O) groups excluding carboxylic acids is 1. The third kappa shape index (κ3) is 5.58. The summed E-state index contributed by atoms with van der Waals surface area (Å²) in [7, 11) is -4.03. The molecule has 182 valence electrons. The van der Waals surface area contributed by atoms with Crippen LogP contribution in [0.2, 0.25) is 0 Å². The third-order valence-corrected chi connectivity index (χ3v) is 7.28. The Morgan fingerprint density at radius 2 is 1.77 bits per heavy atom. The van der Waals surface area contributed by atoms with Crippen molar-refractivity contribution in [1.29, 1.82) is 0 Å². The minimum atomic E-state index is -4.03. The van der Waals surface area contributed by atoms with Crippen molar-refractivity contribution in [2.75, 3.05) is 0 Å². The molecule has 1 aromatic heterocycles. The Morgan fingerprint density at radius 3 is 2.51 bits per heavy atom. The van der Waals surface area contributed by atoms with E-state index in [0.29, 0.717) is 5.56 Å². The molecule has 1 heterocycles. The molecule has 6 nitrogen and oxygen atoms in total. The Balaban J connectivity index is 1.63. The van der Waals surface area contributed by atoms with Crippen LogP contribution in [-0.4, -0.2) is 25.4 Å². The van der Waals surface area contributed by atoms with E-state index in [4.69, 9.17) is 0 Å². The quantitative estimate of drug-likeness (QED) is 0.334. The van der Waals surface area contributed by atoms with Gasteiger partial charge in [0, 0.05) is 17.1 Å². The highest BCUT2D eigenvalue weighted by Crippen LogP contribution is 2.21.